The van der Waals surface area contributed by atoms with Crippen molar-refractivity contribution in [1.82, 2.24) is 5.32 Å². The molecule has 1 atom stereocenters. The van der Waals surface area contributed by atoms with E-state index in [1.807, 2.05) is 0 Å². The van der Waals surface area contributed by atoms with Crippen molar-refractivity contribution < 1.29 is 14.5 Å². The smallest absolute Gasteiger partial charge is 0.319 e. The van der Waals surface area contributed by atoms with E-state index in [4.69, 9.17) is 5.73 Å². The number of nitro groups is 1. The molecule has 8 nitrogen and oxygen atoms in total. The highest BCUT2D eigenvalue weighted by Crippen LogP contribution is 2.15. The molecule has 1 aromatic rings. The number of nitro benzene ring substituents is 1. The summed E-state index contributed by atoms with van der Waals surface area (Å²) < 4.78 is 0. The number of urea groups is 1. The fraction of sp³-hybridized carbons (Fsp3) is 0.200. The Morgan fingerprint density at radius 1 is 1.33 bits per heavy atom. The Morgan fingerprint density at radius 3 is 2.33 bits per heavy atom. The summed E-state index contributed by atoms with van der Waals surface area (Å²) in [7, 11) is 0. The highest BCUT2D eigenvalue weighted by molar-refractivity contribution is 5.93. The molecule has 0 fully saturated rings. The van der Waals surface area contributed by atoms with Gasteiger partial charge in [-0.2, -0.15) is 0 Å². The lowest BCUT2D eigenvalue weighted by atomic mass is 10.3. The van der Waals surface area contributed by atoms with Crippen LogP contribution in [0.2, 0.25) is 0 Å². The van der Waals surface area contributed by atoms with Gasteiger partial charge in [-0.15, -0.1) is 0 Å². The monoisotopic (exact) mass is 252 g/mol. The molecule has 0 aliphatic rings. The van der Waals surface area contributed by atoms with Gasteiger partial charge in [0, 0.05) is 17.8 Å². The van der Waals surface area contributed by atoms with Crippen molar-refractivity contribution in [3.8, 4) is 0 Å². The van der Waals surface area contributed by atoms with Gasteiger partial charge in [-0.3, -0.25) is 14.9 Å². The van der Waals surface area contributed by atoms with Gasteiger partial charge in [0.05, 0.1) is 4.92 Å². The van der Waals surface area contributed by atoms with E-state index >= 15 is 0 Å². The van der Waals surface area contributed by atoms with E-state index in [1.165, 1.54) is 31.2 Å². The lowest BCUT2D eigenvalue weighted by Gasteiger charge is -2.11. The van der Waals surface area contributed by atoms with Gasteiger partial charge in [-0.1, -0.05) is 0 Å². The number of nitrogens with zero attached hydrogens (tertiary/aromatic N) is 1. The lowest BCUT2D eigenvalue weighted by molar-refractivity contribution is -0.384. The number of carbonyl (C=O) groups excluding carboxylic acids is 2. The minimum Gasteiger partial charge on any atom is -0.368 e. The first-order valence-corrected chi connectivity index (χ1v) is 5.01. The minimum absolute atomic E-state index is 0.0773. The van der Waals surface area contributed by atoms with Crippen LogP contribution in [0.3, 0.4) is 0 Å². The maximum absolute atomic E-state index is 11.4. The van der Waals surface area contributed by atoms with E-state index in [0.29, 0.717) is 5.69 Å². The molecule has 0 aliphatic carbocycles. The molecule has 0 aliphatic heterocycles. The van der Waals surface area contributed by atoms with Crippen LogP contribution in [0.15, 0.2) is 24.3 Å². The Bertz CT molecular complexity index is 471. The van der Waals surface area contributed by atoms with Gasteiger partial charge in [0.1, 0.15) is 6.04 Å². The van der Waals surface area contributed by atoms with Gasteiger partial charge < -0.3 is 16.4 Å². The van der Waals surface area contributed by atoms with Crippen molar-refractivity contribution in [2.45, 2.75) is 13.0 Å². The number of hydrogen-bond acceptors (Lipinski definition) is 4. The number of carbonyl (C=O) groups is 2. The molecule has 0 saturated heterocycles. The number of nitrogens with one attached hydrogen (secondary N) is 2. The summed E-state index contributed by atoms with van der Waals surface area (Å²) in [4.78, 5) is 32.0. The number of nitrogens with two attached hydrogens (primary N) is 1. The third-order valence-corrected chi connectivity index (χ3v) is 2.11. The molecular formula is C10H12N4O4. The van der Waals surface area contributed by atoms with Crippen LogP contribution in [0.4, 0.5) is 16.2 Å². The lowest BCUT2D eigenvalue weighted by Crippen LogP contribution is -2.44. The van der Waals surface area contributed by atoms with Crippen molar-refractivity contribution in [1.29, 1.82) is 0 Å². The van der Waals surface area contributed by atoms with E-state index in [9.17, 15) is 19.7 Å². The normalized spacial score (nSPS) is 11.4. The van der Waals surface area contributed by atoms with Crippen LogP contribution >= 0.6 is 0 Å². The third kappa shape index (κ3) is 3.74. The summed E-state index contributed by atoms with van der Waals surface area (Å²) in [6.45, 7) is 1.44. The van der Waals surface area contributed by atoms with Crippen molar-refractivity contribution in [2.75, 3.05) is 5.32 Å². The average Bonchev–Trinajstić information content (AvgIpc) is 2.29. The summed E-state index contributed by atoms with van der Waals surface area (Å²) in [6, 6.07) is 3.86. The molecular weight excluding hydrogens is 240 g/mol. The number of anilines is 1. The molecule has 0 bridgehead atoms. The molecule has 18 heavy (non-hydrogen) atoms. The molecule has 0 saturated carbocycles. The molecule has 0 spiro atoms. The Kier molecular flexibility index (Phi) is 4.19. The predicted octanol–water partition coefficient (Wildman–Crippen LogP) is 0.590. The predicted molar refractivity (Wildman–Crippen MR) is 63.9 cm³/mol. The number of hydrogen-bond donors (Lipinski definition) is 3. The molecule has 96 valence electrons. The van der Waals surface area contributed by atoms with Crippen LogP contribution in [0.25, 0.3) is 0 Å². The van der Waals surface area contributed by atoms with Crippen LogP contribution in [0.1, 0.15) is 6.92 Å². The number of benzene rings is 1. The first kappa shape index (κ1) is 13.4. The summed E-state index contributed by atoms with van der Waals surface area (Å²) in [6.07, 6.45) is 0. The topological polar surface area (TPSA) is 127 Å². The van der Waals surface area contributed by atoms with Gasteiger partial charge in [-0.25, -0.2) is 4.79 Å². The van der Waals surface area contributed by atoms with E-state index in [1.54, 1.807) is 0 Å². The second-order valence-electron chi connectivity index (χ2n) is 3.53. The number of non-ortho nitro benzene ring substituents is 1. The summed E-state index contributed by atoms with van der Waals surface area (Å²) >= 11 is 0. The molecule has 0 radical (unpaired) electrons. The van der Waals surface area contributed by atoms with Crippen LogP contribution < -0.4 is 16.4 Å². The molecule has 0 heterocycles. The first-order valence-electron chi connectivity index (χ1n) is 5.01. The fourth-order valence-corrected chi connectivity index (χ4v) is 1.10. The Balaban J connectivity index is 2.60. The molecule has 1 rings (SSSR count). The van der Waals surface area contributed by atoms with E-state index in [2.05, 4.69) is 10.6 Å². The third-order valence-electron chi connectivity index (χ3n) is 2.11. The largest absolute Gasteiger partial charge is 0.368 e. The van der Waals surface area contributed by atoms with Gasteiger partial charge in [0.2, 0.25) is 5.91 Å². The first-order chi connectivity index (χ1) is 8.40. The molecule has 1 unspecified atom stereocenters. The van der Waals surface area contributed by atoms with Crippen molar-refractivity contribution in [3.05, 3.63) is 34.4 Å². The average molecular weight is 252 g/mol. The molecule has 3 amide bonds. The maximum atomic E-state index is 11.4. The summed E-state index contributed by atoms with van der Waals surface area (Å²) in [5, 5.41) is 15.1. The van der Waals surface area contributed by atoms with Crippen molar-refractivity contribution in [2.24, 2.45) is 5.73 Å². The van der Waals surface area contributed by atoms with Gasteiger partial charge in [-0.05, 0) is 19.1 Å². The van der Waals surface area contributed by atoms with E-state index < -0.39 is 22.9 Å². The van der Waals surface area contributed by atoms with Crippen LogP contribution in [0.5, 0.6) is 0 Å². The Hall–Kier alpha value is -2.64. The molecule has 8 heteroatoms. The second kappa shape index (κ2) is 5.62. The standard InChI is InChI=1S/C10H12N4O4/c1-6(9(11)15)12-10(16)13-7-2-4-8(5-3-7)14(17)18/h2-6H,1H3,(H2,11,15)(H2,12,13,16). The van der Waals surface area contributed by atoms with Crippen molar-refractivity contribution in [3.63, 3.8) is 0 Å². The van der Waals surface area contributed by atoms with Crippen LogP contribution in [-0.4, -0.2) is 22.9 Å². The molecule has 0 aromatic heterocycles. The molecule has 1 aromatic carbocycles. The van der Waals surface area contributed by atoms with Gasteiger partial charge in [0.15, 0.2) is 0 Å². The zero-order valence-electron chi connectivity index (χ0n) is 9.54. The van der Waals surface area contributed by atoms with Gasteiger partial charge >= 0.3 is 6.03 Å². The van der Waals surface area contributed by atoms with Crippen molar-refractivity contribution >= 4 is 23.3 Å². The number of primary amides is 1. The zero-order chi connectivity index (χ0) is 13.7. The summed E-state index contributed by atoms with van der Waals surface area (Å²) in [5.41, 5.74) is 5.27. The minimum atomic E-state index is -0.803. The van der Waals surface area contributed by atoms with E-state index in [-0.39, 0.29) is 5.69 Å². The molecule has 4 N–H and O–H groups in total. The van der Waals surface area contributed by atoms with Crippen LogP contribution in [-0.2, 0) is 4.79 Å². The fourth-order valence-electron chi connectivity index (χ4n) is 1.10. The maximum Gasteiger partial charge on any atom is 0.319 e. The quantitative estimate of drug-likeness (QED) is 0.535. The highest BCUT2D eigenvalue weighted by Gasteiger charge is 2.12. The SMILES string of the molecule is CC(NC(=O)Nc1ccc([N+](=O)[O-])cc1)C(N)=O. The second-order valence-corrected chi connectivity index (χ2v) is 3.53. The van der Waals surface area contributed by atoms with Crippen LogP contribution in [0, 0.1) is 10.1 Å². The Morgan fingerprint density at radius 2 is 1.89 bits per heavy atom. The Labute approximate surface area is 102 Å². The summed E-state index contributed by atoms with van der Waals surface area (Å²) in [5.74, 6) is -0.658. The van der Waals surface area contributed by atoms with Gasteiger partial charge in [0.25, 0.3) is 5.69 Å². The number of amides is 3. The zero-order valence-corrected chi connectivity index (χ0v) is 9.54. The number of rotatable bonds is 4. The highest BCUT2D eigenvalue weighted by atomic mass is 16.6. The van der Waals surface area contributed by atoms with E-state index in [0.717, 1.165) is 0 Å².